The highest BCUT2D eigenvalue weighted by atomic mass is 32.2. The molecule has 0 radical (unpaired) electrons. The second-order valence-electron chi connectivity index (χ2n) is 6.35. The first kappa shape index (κ1) is 19.0. The lowest BCUT2D eigenvalue weighted by molar-refractivity contribution is -0.120. The molecular weight excluding hydrogens is 362 g/mol. The van der Waals surface area contributed by atoms with Gasteiger partial charge in [-0.2, -0.15) is 0 Å². The Morgan fingerprint density at radius 2 is 2.00 bits per heavy atom. The predicted octanol–water partition coefficient (Wildman–Crippen LogP) is 2.87. The molecule has 142 valence electrons. The zero-order valence-corrected chi connectivity index (χ0v) is 16.1. The highest BCUT2D eigenvalue weighted by molar-refractivity contribution is 8.00. The number of aryl methyl sites for hydroxylation is 1. The van der Waals surface area contributed by atoms with Gasteiger partial charge in [-0.25, -0.2) is 4.68 Å². The Labute approximate surface area is 162 Å². The summed E-state index contributed by atoms with van der Waals surface area (Å²) in [6.45, 7) is 3.84. The monoisotopic (exact) mass is 385 g/mol. The second kappa shape index (κ2) is 8.77. The van der Waals surface area contributed by atoms with Crippen LogP contribution in [0, 0.1) is 0 Å². The molecule has 0 aliphatic heterocycles. The first-order valence-electron chi connectivity index (χ1n) is 8.80. The molecule has 0 saturated heterocycles. The van der Waals surface area contributed by atoms with E-state index in [4.69, 9.17) is 10.3 Å². The fraction of sp³-hybridized carbons (Fsp3) is 0.316. The van der Waals surface area contributed by atoms with Crippen LogP contribution in [0.25, 0.3) is 11.6 Å². The number of nitrogens with one attached hydrogen (secondary N) is 1. The van der Waals surface area contributed by atoms with Gasteiger partial charge in [-0.15, -0.1) is 10.2 Å². The number of nitrogens with two attached hydrogens (primary N) is 1. The molecule has 0 saturated carbocycles. The summed E-state index contributed by atoms with van der Waals surface area (Å²) in [5.74, 6) is 6.94. The molecule has 0 unspecified atom stereocenters. The molecule has 0 aliphatic carbocycles. The van der Waals surface area contributed by atoms with Gasteiger partial charge in [0.25, 0.3) is 0 Å². The Morgan fingerprint density at radius 1 is 1.22 bits per heavy atom. The third kappa shape index (κ3) is 4.91. The van der Waals surface area contributed by atoms with E-state index in [1.54, 1.807) is 18.4 Å². The fourth-order valence-electron chi connectivity index (χ4n) is 2.60. The molecule has 2 aromatic heterocycles. The molecule has 2 atom stereocenters. The number of benzene rings is 1. The Hall–Kier alpha value is -2.74. The van der Waals surface area contributed by atoms with Gasteiger partial charge in [0.1, 0.15) is 0 Å². The summed E-state index contributed by atoms with van der Waals surface area (Å²) in [6, 6.07) is 13.8. The van der Waals surface area contributed by atoms with Crippen LogP contribution in [0.4, 0.5) is 0 Å². The summed E-state index contributed by atoms with van der Waals surface area (Å²) in [7, 11) is 0. The highest BCUT2D eigenvalue weighted by Crippen LogP contribution is 2.25. The van der Waals surface area contributed by atoms with Crippen molar-refractivity contribution in [2.75, 3.05) is 5.84 Å². The van der Waals surface area contributed by atoms with E-state index in [-0.39, 0.29) is 17.2 Å². The van der Waals surface area contributed by atoms with Crippen molar-refractivity contribution >= 4 is 17.7 Å². The lowest BCUT2D eigenvalue weighted by atomic mass is 10.1. The molecule has 27 heavy (non-hydrogen) atoms. The minimum Gasteiger partial charge on any atom is -0.461 e. The third-order valence-electron chi connectivity index (χ3n) is 4.16. The number of rotatable bonds is 8. The number of nitrogen functional groups attached to an aromatic ring is 1. The Bertz CT molecular complexity index is 864. The molecule has 1 aromatic carbocycles. The van der Waals surface area contributed by atoms with Crippen molar-refractivity contribution in [1.82, 2.24) is 20.2 Å². The van der Waals surface area contributed by atoms with Gasteiger partial charge in [0, 0.05) is 6.04 Å². The number of nitrogens with zero attached hydrogens (tertiary/aromatic N) is 3. The number of amides is 1. The van der Waals surface area contributed by atoms with E-state index >= 15 is 0 Å². The van der Waals surface area contributed by atoms with Crippen LogP contribution in [0.1, 0.15) is 25.8 Å². The van der Waals surface area contributed by atoms with Crippen molar-refractivity contribution in [2.24, 2.45) is 0 Å². The van der Waals surface area contributed by atoms with E-state index in [0.29, 0.717) is 16.7 Å². The zero-order chi connectivity index (χ0) is 19.2. The van der Waals surface area contributed by atoms with Crippen LogP contribution in [0.15, 0.2) is 58.3 Å². The standard InChI is InChI=1S/C19H23N5O2S/c1-13(10-11-15-7-4-3-5-8-15)21-18(25)14(2)27-19-23-22-17(24(19)20)16-9-6-12-26-16/h3-9,12-14H,10-11,20H2,1-2H3,(H,21,25)/t13-,14-/m0/s1. The molecule has 0 bridgehead atoms. The molecule has 0 aliphatic rings. The van der Waals surface area contributed by atoms with Crippen molar-refractivity contribution in [3.8, 4) is 11.6 Å². The van der Waals surface area contributed by atoms with Crippen molar-refractivity contribution in [2.45, 2.75) is 43.1 Å². The maximum absolute atomic E-state index is 12.5. The lowest BCUT2D eigenvalue weighted by Crippen LogP contribution is -2.38. The minimum atomic E-state index is -0.347. The molecule has 3 rings (SSSR count). The molecule has 3 N–H and O–H groups in total. The van der Waals surface area contributed by atoms with Crippen LogP contribution in [0.3, 0.4) is 0 Å². The van der Waals surface area contributed by atoms with Gasteiger partial charge in [0.2, 0.25) is 16.9 Å². The maximum Gasteiger partial charge on any atom is 0.233 e. The van der Waals surface area contributed by atoms with Gasteiger partial charge in [0.15, 0.2) is 5.76 Å². The van der Waals surface area contributed by atoms with Crippen molar-refractivity contribution in [1.29, 1.82) is 0 Å². The number of hydrogen-bond donors (Lipinski definition) is 2. The van der Waals surface area contributed by atoms with Crippen molar-refractivity contribution in [3.05, 3.63) is 54.3 Å². The summed E-state index contributed by atoms with van der Waals surface area (Å²) in [5.41, 5.74) is 1.27. The van der Waals surface area contributed by atoms with Crippen LogP contribution >= 0.6 is 11.8 Å². The van der Waals surface area contributed by atoms with Gasteiger partial charge in [-0.05, 0) is 44.4 Å². The van der Waals surface area contributed by atoms with Crippen LogP contribution in [0.5, 0.6) is 0 Å². The smallest absolute Gasteiger partial charge is 0.233 e. The molecule has 7 nitrogen and oxygen atoms in total. The highest BCUT2D eigenvalue weighted by Gasteiger charge is 2.21. The van der Waals surface area contributed by atoms with Gasteiger partial charge in [-0.3, -0.25) is 4.79 Å². The maximum atomic E-state index is 12.5. The zero-order valence-electron chi connectivity index (χ0n) is 15.3. The van der Waals surface area contributed by atoms with E-state index in [1.165, 1.54) is 22.0 Å². The summed E-state index contributed by atoms with van der Waals surface area (Å²) in [6.07, 6.45) is 3.35. The normalized spacial score (nSPS) is 13.3. The van der Waals surface area contributed by atoms with Gasteiger partial charge in [-0.1, -0.05) is 42.1 Å². The molecule has 3 aromatic rings. The number of aromatic nitrogens is 3. The van der Waals surface area contributed by atoms with E-state index < -0.39 is 0 Å². The molecule has 2 heterocycles. The number of hydrogen-bond acceptors (Lipinski definition) is 6. The van der Waals surface area contributed by atoms with Gasteiger partial charge in [0.05, 0.1) is 11.5 Å². The van der Waals surface area contributed by atoms with E-state index in [0.717, 1.165) is 12.8 Å². The van der Waals surface area contributed by atoms with Crippen molar-refractivity contribution in [3.63, 3.8) is 0 Å². The average Bonchev–Trinajstić information content (AvgIpc) is 3.31. The summed E-state index contributed by atoms with van der Waals surface area (Å²) >= 11 is 1.26. The van der Waals surface area contributed by atoms with Crippen LogP contribution in [0.2, 0.25) is 0 Å². The Balaban J connectivity index is 1.52. The first-order chi connectivity index (χ1) is 13.0. The molecule has 1 amide bonds. The Kier molecular flexibility index (Phi) is 6.18. The lowest BCUT2D eigenvalue weighted by Gasteiger charge is -2.17. The third-order valence-corrected chi connectivity index (χ3v) is 5.21. The SMILES string of the molecule is C[C@H](Sc1nnc(-c2ccco2)n1N)C(=O)N[C@@H](C)CCc1ccccc1. The van der Waals surface area contributed by atoms with E-state index in [2.05, 4.69) is 27.6 Å². The van der Waals surface area contributed by atoms with E-state index in [9.17, 15) is 4.79 Å². The number of carbonyl (C=O) groups is 1. The topological polar surface area (TPSA) is 99.0 Å². The summed E-state index contributed by atoms with van der Waals surface area (Å²) < 4.78 is 6.63. The number of furan rings is 1. The summed E-state index contributed by atoms with van der Waals surface area (Å²) in [4.78, 5) is 12.5. The summed E-state index contributed by atoms with van der Waals surface area (Å²) in [5, 5.41) is 11.3. The van der Waals surface area contributed by atoms with Crippen LogP contribution in [-0.4, -0.2) is 32.1 Å². The molecule has 8 heteroatoms. The predicted molar refractivity (Wildman–Crippen MR) is 106 cm³/mol. The first-order valence-corrected chi connectivity index (χ1v) is 9.68. The van der Waals surface area contributed by atoms with Gasteiger partial charge >= 0.3 is 0 Å². The van der Waals surface area contributed by atoms with Gasteiger partial charge < -0.3 is 15.6 Å². The second-order valence-corrected chi connectivity index (χ2v) is 7.66. The Morgan fingerprint density at radius 3 is 2.70 bits per heavy atom. The number of thioether (sulfide) groups is 1. The molecular formula is C19H23N5O2S. The quantitative estimate of drug-likeness (QED) is 0.457. The average molecular weight is 385 g/mol. The molecule has 0 spiro atoms. The number of carbonyl (C=O) groups excluding carboxylic acids is 1. The largest absolute Gasteiger partial charge is 0.461 e. The van der Waals surface area contributed by atoms with Crippen molar-refractivity contribution < 1.29 is 9.21 Å². The minimum absolute atomic E-state index is 0.0527. The molecule has 0 fully saturated rings. The van der Waals surface area contributed by atoms with Crippen LogP contribution in [-0.2, 0) is 11.2 Å². The fourth-order valence-corrected chi connectivity index (χ4v) is 3.38. The van der Waals surface area contributed by atoms with E-state index in [1.807, 2.05) is 32.0 Å². The van der Waals surface area contributed by atoms with Crippen LogP contribution < -0.4 is 11.2 Å².